The van der Waals surface area contributed by atoms with E-state index in [2.05, 4.69) is 24.8 Å². The highest BCUT2D eigenvalue weighted by molar-refractivity contribution is 5.92. The minimum absolute atomic E-state index is 0.0383. The Morgan fingerprint density at radius 2 is 1.90 bits per heavy atom. The van der Waals surface area contributed by atoms with Gasteiger partial charge in [-0.05, 0) is 50.2 Å². The summed E-state index contributed by atoms with van der Waals surface area (Å²) in [5, 5.41) is 11.6. The first kappa shape index (κ1) is 19.2. The molecule has 2 aromatic heterocycles. The summed E-state index contributed by atoms with van der Waals surface area (Å²) in [5.74, 6) is 2.55. The number of nitrogens with zero attached hydrogens (tertiary/aromatic N) is 4. The molecule has 0 atom stereocenters. The molecule has 1 amide bonds. The molecule has 1 N–H and O–H groups in total. The van der Waals surface area contributed by atoms with Crippen LogP contribution in [0.5, 0.6) is 11.5 Å². The summed E-state index contributed by atoms with van der Waals surface area (Å²) in [4.78, 5) is 14.6. The van der Waals surface area contributed by atoms with Crippen LogP contribution in [-0.2, 0) is 4.79 Å². The summed E-state index contributed by atoms with van der Waals surface area (Å²) >= 11 is 0. The number of carbonyl (C=O) groups excluding carboxylic acids is 1. The fourth-order valence-corrected chi connectivity index (χ4v) is 3.81. The Balaban J connectivity index is 1.32. The number of piperidine rings is 1. The van der Waals surface area contributed by atoms with E-state index in [9.17, 15) is 4.79 Å². The molecular weight excluding hydrogens is 370 g/mol. The predicted octanol–water partition coefficient (Wildman–Crippen LogP) is 2.56. The van der Waals surface area contributed by atoms with E-state index < -0.39 is 0 Å². The smallest absolute Gasteiger partial charge is 0.238 e. The molecule has 4 rings (SSSR count). The van der Waals surface area contributed by atoms with Crippen molar-refractivity contribution in [3.8, 4) is 11.5 Å². The summed E-state index contributed by atoms with van der Waals surface area (Å²) in [7, 11) is 3.16. The standard InChI is InChI=1S/C21H25N5O3/c1-28-17-7-6-16(13-18(17)29-2)22-20(27)14-25-11-8-15(9-12-25)21-24-23-19-5-3-4-10-26(19)21/h3-7,10,13,15H,8-9,11-12,14H2,1-2H3,(H,22,27). The Bertz CT molecular complexity index is 995. The molecular formula is C21H25N5O3. The maximum absolute atomic E-state index is 12.5. The van der Waals surface area contributed by atoms with E-state index in [-0.39, 0.29) is 5.91 Å². The molecule has 3 aromatic rings. The summed E-state index contributed by atoms with van der Waals surface area (Å²) in [6.07, 6.45) is 3.92. The van der Waals surface area contributed by atoms with Gasteiger partial charge in [0.05, 0.1) is 20.8 Å². The van der Waals surface area contributed by atoms with Gasteiger partial charge in [0.25, 0.3) is 0 Å². The molecule has 1 aliphatic heterocycles. The maximum atomic E-state index is 12.5. The van der Waals surface area contributed by atoms with Gasteiger partial charge in [0.2, 0.25) is 5.91 Å². The van der Waals surface area contributed by atoms with Gasteiger partial charge in [-0.15, -0.1) is 10.2 Å². The normalized spacial score (nSPS) is 15.4. The third kappa shape index (κ3) is 4.17. The summed E-state index contributed by atoms with van der Waals surface area (Å²) in [6.45, 7) is 2.07. The van der Waals surface area contributed by atoms with Crippen LogP contribution in [0.2, 0.25) is 0 Å². The molecule has 29 heavy (non-hydrogen) atoms. The second kappa shape index (κ2) is 8.48. The highest BCUT2D eigenvalue weighted by atomic mass is 16.5. The van der Waals surface area contributed by atoms with Crippen molar-refractivity contribution in [2.75, 3.05) is 39.2 Å². The van der Waals surface area contributed by atoms with Crippen molar-refractivity contribution in [3.05, 3.63) is 48.4 Å². The molecule has 0 unspecified atom stereocenters. The lowest BCUT2D eigenvalue weighted by Crippen LogP contribution is -2.39. The minimum atomic E-state index is -0.0383. The van der Waals surface area contributed by atoms with Crippen molar-refractivity contribution >= 4 is 17.2 Å². The number of carbonyl (C=O) groups is 1. The summed E-state index contributed by atoms with van der Waals surface area (Å²) in [5.41, 5.74) is 1.57. The largest absolute Gasteiger partial charge is 0.493 e. The van der Waals surface area contributed by atoms with Gasteiger partial charge in [0, 0.05) is 23.9 Å². The number of hydrogen-bond donors (Lipinski definition) is 1. The molecule has 1 saturated heterocycles. The number of amides is 1. The number of ether oxygens (including phenoxy) is 2. The molecule has 0 spiro atoms. The molecule has 3 heterocycles. The van der Waals surface area contributed by atoms with Gasteiger partial charge in [-0.3, -0.25) is 14.1 Å². The highest BCUT2D eigenvalue weighted by Crippen LogP contribution is 2.30. The maximum Gasteiger partial charge on any atom is 0.238 e. The number of nitrogens with one attached hydrogen (secondary N) is 1. The van der Waals surface area contributed by atoms with Crippen molar-refractivity contribution in [1.82, 2.24) is 19.5 Å². The molecule has 8 nitrogen and oxygen atoms in total. The Hall–Kier alpha value is -3.13. The highest BCUT2D eigenvalue weighted by Gasteiger charge is 2.25. The van der Waals surface area contributed by atoms with E-state index in [4.69, 9.17) is 9.47 Å². The lowest BCUT2D eigenvalue weighted by Gasteiger charge is -2.30. The number of hydrogen-bond acceptors (Lipinski definition) is 6. The van der Waals surface area contributed by atoms with Gasteiger partial charge in [0.1, 0.15) is 5.82 Å². The quantitative estimate of drug-likeness (QED) is 0.691. The van der Waals surface area contributed by atoms with Crippen LogP contribution in [0.25, 0.3) is 5.65 Å². The van der Waals surface area contributed by atoms with Gasteiger partial charge in [0.15, 0.2) is 17.1 Å². The molecule has 152 valence electrons. The number of benzene rings is 1. The first-order chi connectivity index (χ1) is 14.2. The van der Waals surface area contributed by atoms with Gasteiger partial charge in [-0.1, -0.05) is 6.07 Å². The van der Waals surface area contributed by atoms with Gasteiger partial charge in [-0.25, -0.2) is 0 Å². The number of likely N-dealkylation sites (tertiary alicyclic amines) is 1. The average Bonchev–Trinajstić information content (AvgIpc) is 3.18. The zero-order chi connectivity index (χ0) is 20.2. The number of pyridine rings is 1. The van der Waals surface area contributed by atoms with Gasteiger partial charge < -0.3 is 14.8 Å². The van der Waals surface area contributed by atoms with Crippen molar-refractivity contribution in [2.24, 2.45) is 0 Å². The summed E-state index contributed by atoms with van der Waals surface area (Å²) < 4.78 is 12.6. The van der Waals surface area contributed by atoms with E-state index >= 15 is 0 Å². The van der Waals surface area contributed by atoms with E-state index in [1.165, 1.54) is 0 Å². The Labute approximate surface area is 169 Å². The predicted molar refractivity (Wildman–Crippen MR) is 110 cm³/mol. The van der Waals surface area contributed by atoms with Crippen LogP contribution in [0.3, 0.4) is 0 Å². The average molecular weight is 395 g/mol. The fraction of sp³-hybridized carbons (Fsp3) is 0.381. The Morgan fingerprint density at radius 1 is 1.10 bits per heavy atom. The van der Waals surface area contributed by atoms with Crippen LogP contribution in [0.1, 0.15) is 24.6 Å². The van der Waals surface area contributed by atoms with Crippen LogP contribution in [-0.4, -0.2) is 59.3 Å². The van der Waals surface area contributed by atoms with Crippen LogP contribution >= 0.6 is 0 Å². The third-order valence-electron chi connectivity index (χ3n) is 5.33. The molecule has 1 aromatic carbocycles. The van der Waals surface area contributed by atoms with E-state index in [1.807, 2.05) is 30.5 Å². The van der Waals surface area contributed by atoms with E-state index in [0.717, 1.165) is 37.4 Å². The van der Waals surface area contributed by atoms with Crippen molar-refractivity contribution < 1.29 is 14.3 Å². The molecule has 0 radical (unpaired) electrons. The van der Waals surface area contributed by atoms with E-state index in [1.54, 1.807) is 26.4 Å². The number of rotatable bonds is 6. The Morgan fingerprint density at radius 3 is 2.66 bits per heavy atom. The fourth-order valence-electron chi connectivity index (χ4n) is 3.81. The number of anilines is 1. The van der Waals surface area contributed by atoms with Crippen molar-refractivity contribution in [1.29, 1.82) is 0 Å². The Kier molecular flexibility index (Phi) is 5.62. The molecule has 0 saturated carbocycles. The first-order valence-corrected chi connectivity index (χ1v) is 9.72. The second-order valence-corrected chi connectivity index (χ2v) is 7.16. The monoisotopic (exact) mass is 395 g/mol. The topological polar surface area (TPSA) is 81.0 Å². The molecule has 8 heteroatoms. The summed E-state index contributed by atoms with van der Waals surface area (Å²) in [6, 6.07) is 11.3. The molecule has 1 aliphatic rings. The zero-order valence-corrected chi connectivity index (χ0v) is 16.7. The lowest BCUT2D eigenvalue weighted by molar-refractivity contribution is -0.117. The molecule has 0 aliphatic carbocycles. The van der Waals surface area contributed by atoms with Crippen LogP contribution in [0.15, 0.2) is 42.6 Å². The second-order valence-electron chi connectivity index (χ2n) is 7.16. The first-order valence-electron chi connectivity index (χ1n) is 9.72. The van der Waals surface area contributed by atoms with Gasteiger partial charge >= 0.3 is 0 Å². The minimum Gasteiger partial charge on any atom is -0.493 e. The number of aromatic nitrogens is 3. The molecule has 0 bridgehead atoms. The number of methoxy groups -OCH3 is 2. The van der Waals surface area contributed by atoms with Crippen LogP contribution in [0, 0.1) is 0 Å². The van der Waals surface area contributed by atoms with Crippen LogP contribution in [0.4, 0.5) is 5.69 Å². The lowest BCUT2D eigenvalue weighted by atomic mass is 9.96. The van der Waals surface area contributed by atoms with Crippen molar-refractivity contribution in [2.45, 2.75) is 18.8 Å². The molecule has 1 fully saturated rings. The van der Waals surface area contributed by atoms with E-state index in [0.29, 0.717) is 29.6 Å². The van der Waals surface area contributed by atoms with Crippen molar-refractivity contribution in [3.63, 3.8) is 0 Å². The SMILES string of the molecule is COc1ccc(NC(=O)CN2CCC(c3nnc4ccccn34)CC2)cc1OC. The number of fused-ring (bicyclic) bond motifs is 1. The van der Waals surface area contributed by atoms with Crippen LogP contribution < -0.4 is 14.8 Å². The van der Waals surface area contributed by atoms with Gasteiger partial charge in [-0.2, -0.15) is 0 Å². The zero-order valence-electron chi connectivity index (χ0n) is 16.7. The third-order valence-corrected chi connectivity index (χ3v) is 5.33.